The third-order valence-corrected chi connectivity index (χ3v) is 5.58. The van der Waals surface area contributed by atoms with Crippen molar-refractivity contribution < 1.29 is 13.9 Å². The Labute approximate surface area is 162 Å². The monoisotopic (exact) mass is 380 g/mol. The number of anilines is 3. The van der Waals surface area contributed by atoms with Gasteiger partial charge >= 0.3 is 0 Å². The molecule has 0 radical (unpaired) electrons. The van der Waals surface area contributed by atoms with Gasteiger partial charge < -0.3 is 15.0 Å². The number of morpholine rings is 1. The number of hydrogen-bond acceptors (Lipinski definition) is 5. The van der Waals surface area contributed by atoms with Crippen molar-refractivity contribution in [3.05, 3.63) is 53.8 Å². The molecule has 6 nitrogen and oxygen atoms in total. The van der Waals surface area contributed by atoms with E-state index in [-0.39, 0.29) is 17.8 Å². The first-order valence-corrected chi connectivity index (χ1v) is 9.54. The van der Waals surface area contributed by atoms with E-state index in [2.05, 4.69) is 10.4 Å². The van der Waals surface area contributed by atoms with Gasteiger partial charge in [0.1, 0.15) is 11.7 Å². The van der Waals surface area contributed by atoms with Crippen molar-refractivity contribution in [1.82, 2.24) is 0 Å². The van der Waals surface area contributed by atoms with Gasteiger partial charge in [-0.05, 0) is 31.2 Å². The number of carbonyl (C=O) groups excluding carboxylic acids is 1. The van der Waals surface area contributed by atoms with Gasteiger partial charge in [-0.15, -0.1) is 0 Å². The molecule has 2 atom stereocenters. The SMILES string of the molecule is CC1Nc2cc(F)c(N3CCOCC3)cc2C2=NN(c3ccccc3)C(=O)C21. The standard InChI is InChI=1S/C21H21FN4O2/c1-13-19-20(24-26(21(19)27)14-5-3-2-4-6-14)15-11-18(16(22)12-17(15)23-13)25-7-9-28-10-8-25/h2-6,11-13,19,23H,7-10H2,1H3. The summed E-state index contributed by atoms with van der Waals surface area (Å²) in [7, 11) is 0. The van der Waals surface area contributed by atoms with Crippen LogP contribution in [0.3, 0.4) is 0 Å². The summed E-state index contributed by atoms with van der Waals surface area (Å²) in [5.41, 5.74) is 3.44. The van der Waals surface area contributed by atoms with Crippen molar-refractivity contribution >= 4 is 28.7 Å². The van der Waals surface area contributed by atoms with Crippen LogP contribution in [0.5, 0.6) is 0 Å². The number of benzene rings is 2. The van der Waals surface area contributed by atoms with Gasteiger partial charge in [-0.25, -0.2) is 4.39 Å². The Morgan fingerprint density at radius 3 is 2.68 bits per heavy atom. The van der Waals surface area contributed by atoms with Crippen molar-refractivity contribution in [3.63, 3.8) is 0 Å². The second kappa shape index (κ2) is 6.60. The highest BCUT2D eigenvalue weighted by Crippen LogP contribution is 2.38. The van der Waals surface area contributed by atoms with Gasteiger partial charge in [0, 0.05) is 30.4 Å². The maximum atomic E-state index is 14.8. The smallest absolute Gasteiger partial charge is 0.258 e. The molecule has 3 aliphatic heterocycles. The van der Waals surface area contributed by atoms with Crippen LogP contribution >= 0.6 is 0 Å². The molecule has 1 saturated heterocycles. The van der Waals surface area contributed by atoms with Crippen LogP contribution in [0.15, 0.2) is 47.6 Å². The highest BCUT2D eigenvalue weighted by Gasteiger charge is 2.44. The minimum atomic E-state index is -0.393. The average molecular weight is 380 g/mol. The van der Waals surface area contributed by atoms with E-state index in [0.717, 1.165) is 11.3 Å². The maximum absolute atomic E-state index is 14.8. The highest BCUT2D eigenvalue weighted by atomic mass is 19.1. The fourth-order valence-electron chi connectivity index (χ4n) is 4.16. The van der Waals surface area contributed by atoms with E-state index in [4.69, 9.17) is 4.74 Å². The van der Waals surface area contributed by atoms with E-state index < -0.39 is 5.92 Å². The van der Waals surface area contributed by atoms with Gasteiger partial charge in [-0.1, -0.05) is 18.2 Å². The Hall–Kier alpha value is -2.93. The molecule has 0 aromatic heterocycles. The van der Waals surface area contributed by atoms with Crippen LogP contribution in [0.25, 0.3) is 0 Å². The van der Waals surface area contributed by atoms with Crippen molar-refractivity contribution in [1.29, 1.82) is 0 Å². The van der Waals surface area contributed by atoms with Crippen LogP contribution in [-0.2, 0) is 9.53 Å². The second-order valence-electron chi connectivity index (χ2n) is 7.33. The van der Waals surface area contributed by atoms with E-state index in [0.29, 0.717) is 43.4 Å². The Bertz CT molecular complexity index is 956. The van der Waals surface area contributed by atoms with Gasteiger partial charge in [0.2, 0.25) is 0 Å². The molecule has 3 aliphatic rings. The lowest BCUT2D eigenvalue weighted by molar-refractivity contribution is -0.120. The molecule has 144 valence electrons. The van der Waals surface area contributed by atoms with Crippen LogP contribution in [0.1, 0.15) is 12.5 Å². The predicted molar refractivity (Wildman–Crippen MR) is 106 cm³/mol. The first-order valence-electron chi connectivity index (χ1n) is 9.54. The molecule has 28 heavy (non-hydrogen) atoms. The van der Waals surface area contributed by atoms with Crippen molar-refractivity contribution in [2.24, 2.45) is 11.0 Å². The molecule has 0 bridgehead atoms. The average Bonchev–Trinajstić information content (AvgIpc) is 3.07. The first kappa shape index (κ1) is 17.2. The molecule has 2 unspecified atom stereocenters. The fraction of sp³-hybridized carbons (Fsp3) is 0.333. The zero-order chi connectivity index (χ0) is 19.3. The van der Waals surface area contributed by atoms with Crippen LogP contribution < -0.4 is 15.2 Å². The van der Waals surface area contributed by atoms with Crippen LogP contribution in [0, 0.1) is 11.7 Å². The Kier molecular flexibility index (Phi) is 4.05. The number of fused-ring (bicyclic) bond motifs is 3. The first-order chi connectivity index (χ1) is 13.6. The minimum Gasteiger partial charge on any atom is -0.381 e. The molecule has 3 heterocycles. The fourth-order valence-corrected chi connectivity index (χ4v) is 4.16. The number of nitrogens with zero attached hydrogens (tertiary/aromatic N) is 3. The number of carbonyl (C=O) groups is 1. The number of ether oxygens (including phenoxy) is 1. The quantitative estimate of drug-likeness (QED) is 0.871. The molecule has 1 amide bonds. The molecule has 0 spiro atoms. The molecule has 0 saturated carbocycles. The largest absolute Gasteiger partial charge is 0.381 e. The number of hydrogen-bond donors (Lipinski definition) is 1. The highest BCUT2D eigenvalue weighted by molar-refractivity contribution is 6.25. The van der Waals surface area contributed by atoms with Crippen molar-refractivity contribution in [2.45, 2.75) is 13.0 Å². The van der Waals surface area contributed by atoms with Crippen LogP contribution in [0.2, 0.25) is 0 Å². The topological polar surface area (TPSA) is 57.2 Å². The number of amides is 1. The number of halogens is 1. The van der Waals surface area contributed by atoms with Crippen molar-refractivity contribution in [3.8, 4) is 0 Å². The third-order valence-electron chi connectivity index (χ3n) is 5.58. The molecule has 2 aromatic rings. The van der Waals surface area contributed by atoms with Gasteiger partial charge in [0.15, 0.2) is 0 Å². The molecule has 1 fully saturated rings. The molecule has 2 aromatic carbocycles. The Morgan fingerprint density at radius 2 is 1.93 bits per heavy atom. The number of para-hydroxylation sites is 1. The van der Waals surface area contributed by atoms with E-state index in [1.807, 2.05) is 48.2 Å². The lowest BCUT2D eigenvalue weighted by Gasteiger charge is -2.33. The molecule has 1 N–H and O–H groups in total. The molecule has 7 heteroatoms. The van der Waals surface area contributed by atoms with Crippen LogP contribution in [-0.4, -0.2) is 44.0 Å². The van der Waals surface area contributed by atoms with Gasteiger partial charge in [-0.3, -0.25) is 4.79 Å². The zero-order valence-electron chi connectivity index (χ0n) is 15.6. The summed E-state index contributed by atoms with van der Waals surface area (Å²) in [5.74, 6) is -0.733. The van der Waals surface area contributed by atoms with E-state index >= 15 is 0 Å². The normalized spacial score (nSPS) is 23.8. The summed E-state index contributed by atoms with van der Waals surface area (Å²) in [4.78, 5) is 15.1. The van der Waals surface area contributed by atoms with E-state index in [1.165, 1.54) is 11.1 Å². The molecule has 0 aliphatic carbocycles. The van der Waals surface area contributed by atoms with Gasteiger partial charge in [0.25, 0.3) is 5.91 Å². The van der Waals surface area contributed by atoms with E-state index in [9.17, 15) is 9.18 Å². The summed E-state index contributed by atoms with van der Waals surface area (Å²) in [6.07, 6.45) is 0. The maximum Gasteiger partial charge on any atom is 0.258 e. The molecule has 5 rings (SSSR count). The summed E-state index contributed by atoms with van der Waals surface area (Å²) >= 11 is 0. The Morgan fingerprint density at radius 1 is 1.18 bits per heavy atom. The molecular weight excluding hydrogens is 359 g/mol. The minimum absolute atomic E-state index is 0.0657. The third kappa shape index (κ3) is 2.65. The van der Waals surface area contributed by atoms with Gasteiger partial charge in [-0.2, -0.15) is 10.1 Å². The number of nitrogens with one attached hydrogen (secondary N) is 1. The number of rotatable bonds is 2. The number of hydrazone groups is 1. The van der Waals surface area contributed by atoms with E-state index in [1.54, 1.807) is 0 Å². The summed E-state index contributed by atoms with van der Waals surface area (Å²) in [5, 5.41) is 9.42. The summed E-state index contributed by atoms with van der Waals surface area (Å²) in [6, 6.07) is 12.6. The van der Waals surface area contributed by atoms with Gasteiger partial charge in [0.05, 0.1) is 30.3 Å². The summed E-state index contributed by atoms with van der Waals surface area (Å²) < 4.78 is 20.2. The predicted octanol–water partition coefficient (Wildman–Crippen LogP) is 2.84. The zero-order valence-corrected chi connectivity index (χ0v) is 15.6. The van der Waals surface area contributed by atoms with Crippen molar-refractivity contribution in [2.75, 3.05) is 41.5 Å². The lowest BCUT2D eigenvalue weighted by atomic mass is 9.85. The van der Waals surface area contributed by atoms with Crippen LogP contribution in [0.4, 0.5) is 21.5 Å². The summed E-state index contributed by atoms with van der Waals surface area (Å²) in [6.45, 7) is 4.38. The lowest BCUT2D eigenvalue weighted by Crippen LogP contribution is -2.42. The second-order valence-corrected chi connectivity index (χ2v) is 7.33. The molecular formula is C21H21FN4O2. The Balaban J connectivity index is 1.60.